The van der Waals surface area contributed by atoms with Crippen LogP contribution in [0.25, 0.3) is 0 Å². The Morgan fingerprint density at radius 2 is 1.33 bits per heavy atom. The van der Waals surface area contributed by atoms with Gasteiger partial charge in [-0.2, -0.15) is 0 Å². The quantitative estimate of drug-likeness (QED) is 0.336. The van der Waals surface area contributed by atoms with Crippen LogP contribution in [0, 0.1) is 0 Å². The second kappa shape index (κ2) is 14.8. The Hall–Kier alpha value is -0.300. The minimum atomic E-state index is 0.446. The van der Waals surface area contributed by atoms with Crippen LogP contribution in [0.4, 0.5) is 0 Å². The van der Waals surface area contributed by atoms with E-state index in [1.807, 2.05) is 0 Å². The van der Waals surface area contributed by atoms with Gasteiger partial charge in [-0.15, -0.1) is 0 Å². The minimum absolute atomic E-state index is 0.446. The Bertz CT molecular complexity index is 174. The zero-order valence-corrected chi connectivity index (χ0v) is 12.8. The molecular weight excluding hydrogens is 218 g/mol. The van der Waals surface area contributed by atoms with Gasteiger partial charge in [-0.3, -0.25) is 0 Å². The average Bonchev–Trinajstić information content (AvgIpc) is 2.39. The molecular formula is C17H35N. The summed E-state index contributed by atoms with van der Waals surface area (Å²) in [4.78, 5) is 0. The maximum absolute atomic E-state index is 5.90. The predicted molar refractivity (Wildman–Crippen MR) is 83.9 cm³/mol. The van der Waals surface area contributed by atoms with Crippen LogP contribution in [0.15, 0.2) is 12.2 Å². The van der Waals surface area contributed by atoms with Crippen LogP contribution >= 0.6 is 0 Å². The van der Waals surface area contributed by atoms with Crippen molar-refractivity contribution in [2.24, 2.45) is 5.73 Å². The van der Waals surface area contributed by atoms with Gasteiger partial charge in [0.05, 0.1) is 0 Å². The number of hydrogen-bond donors (Lipinski definition) is 1. The van der Waals surface area contributed by atoms with Gasteiger partial charge >= 0.3 is 0 Å². The molecule has 0 aromatic rings. The van der Waals surface area contributed by atoms with E-state index in [-0.39, 0.29) is 0 Å². The smallest absolute Gasteiger partial charge is 0.00362 e. The van der Waals surface area contributed by atoms with E-state index < -0.39 is 0 Å². The molecule has 0 heterocycles. The van der Waals surface area contributed by atoms with Crippen molar-refractivity contribution < 1.29 is 0 Å². The molecule has 1 atom stereocenters. The standard InChI is InChI=1S/C17H35N/c1-3-5-6-7-8-9-10-11-12-13-14-15-16-17(18)4-2/h3,5,17H,4,6-16,18H2,1-2H3/b5-3+. The molecule has 0 aromatic carbocycles. The van der Waals surface area contributed by atoms with Gasteiger partial charge in [0.1, 0.15) is 0 Å². The van der Waals surface area contributed by atoms with Gasteiger partial charge in [-0.1, -0.05) is 70.4 Å². The van der Waals surface area contributed by atoms with Crippen molar-refractivity contribution in [3.63, 3.8) is 0 Å². The molecule has 0 spiro atoms. The fourth-order valence-corrected chi connectivity index (χ4v) is 2.28. The van der Waals surface area contributed by atoms with E-state index >= 15 is 0 Å². The van der Waals surface area contributed by atoms with Crippen LogP contribution < -0.4 is 5.73 Å². The highest BCUT2D eigenvalue weighted by Crippen LogP contribution is 2.12. The van der Waals surface area contributed by atoms with E-state index in [9.17, 15) is 0 Å². The Morgan fingerprint density at radius 3 is 1.83 bits per heavy atom. The molecule has 0 saturated heterocycles. The summed E-state index contributed by atoms with van der Waals surface area (Å²) in [6.45, 7) is 4.29. The second-order valence-corrected chi connectivity index (χ2v) is 5.50. The van der Waals surface area contributed by atoms with Gasteiger partial charge in [0.25, 0.3) is 0 Å². The van der Waals surface area contributed by atoms with Crippen LogP contribution in [-0.4, -0.2) is 6.04 Å². The van der Waals surface area contributed by atoms with Gasteiger partial charge in [0.15, 0.2) is 0 Å². The molecule has 0 radical (unpaired) electrons. The first kappa shape index (κ1) is 17.7. The largest absolute Gasteiger partial charge is 0.328 e. The maximum atomic E-state index is 5.90. The lowest BCUT2D eigenvalue weighted by atomic mass is 10.0. The third-order valence-corrected chi connectivity index (χ3v) is 3.71. The van der Waals surface area contributed by atoms with Crippen molar-refractivity contribution in [2.45, 2.75) is 96.9 Å². The molecule has 1 heteroatoms. The Balaban J connectivity index is 2.99. The van der Waals surface area contributed by atoms with Gasteiger partial charge in [0, 0.05) is 6.04 Å². The highest BCUT2D eigenvalue weighted by atomic mass is 14.6. The van der Waals surface area contributed by atoms with E-state index in [1.165, 1.54) is 70.6 Å². The molecule has 1 nitrogen and oxygen atoms in total. The summed E-state index contributed by atoms with van der Waals surface area (Å²) in [5, 5.41) is 0. The van der Waals surface area contributed by atoms with Crippen LogP contribution in [-0.2, 0) is 0 Å². The molecule has 1 unspecified atom stereocenters. The number of rotatable bonds is 13. The van der Waals surface area contributed by atoms with Crippen molar-refractivity contribution in [2.75, 3.05) is 0 Å². The molecule has 0 fully saturated rings. The zero-order valence-electron chi connectivity index (χ0n) is 12.8. The minimum Gasteiger partial charge on any atom is -0.328 e. The fraction of sp³-hybridized carbons (Fsp3) is 0.882. The summed E-state index contributed by atoms with van der Waals surface area (Å²) in [6, 6.07) is 0.446. The third-order valence-electron chi connectivity index (χ3n) is 3.71. The van der Waals surface area contributed by atoms with E-state index in [0.29, 0.717) is 6.04 Å². The molecule has 0 aliphatic heterocycles. The second-order valence-electron chi connectivity index (χ2n) is 5.50. The van der Waals surface area contributed by atoms with Gasteiger partial charge < -0.3 is 5.73 Å². The van der Waals surface area contributed by atoms with Crippen LogP contribution in [0.1, 0.15) is 90.9 Å². The first-order valence-corrected chi connectivity index (χ1v) is 8.18. The molecule has 108 valence electrons. The summed E-state index contributed by atoms with van der Waals surface area (Å²) in [5.41, 5.74) is 5.90. The molecule has 0 aliphatic carbocycles. The van der Waals surface area contributed by atoms with E-state index in [1.54, 1.807) is 0 Å². The lowest BCUT2D eigenvalue weighted by Crippen LogP contribution is -2.17. The first-order chi connectivity index (χ1) is 8.81. The van der Waals surface area contributed by atoms with Crippen LogP contribution in [0.2, 0.25) is 0 Å². The number of unbranched alkanes of at least 4 members (excludes halogenated alkanes) is 9. The molecule has 2 N–H and O–H groups in total. The van der Waals surface area contributed by atoms with Crippen molar-refractivity contribution in [1.29, 1.82) is 0 Å². The monoisotopic (exact) mass is 253 g/mol. The van der Waals surface area contributed by atoms with Gasteiger partial charge in [-0.05, 0) is 32.6 Å². The van der Waals surface area contributed by atoms with Crippen molar-refractivity contribution in [3.05, 3.63) is 12.2 Å². The summed E-state index contributed by atoms with van der Waals surface area (Å²) < 4.78 is 0. The molecule has 0 bridgehead atoms. The van der Waals surface area contributed by atoms with E-state index in [4.69, 9.17) is 5.73 Å². The maximum Gasteiger partial charge on any atom is 0.00362 e. The summed E-state index contributed by atoms with van der Waals surface area (Å²) in [5.74, 6) is 0. The third kappa shape index (κ3) is 13.8. The number of allylic oxidation sites excluding steroid dienone is 2. The van der Waals surface area contributed by atoms with Gasteiger partial charge in [-0.25, -0.2) is 0 Å². The average molecular weight is 253 g/mol. The molecule has 0 saturated carbocycles. The highest BCUT2D eigenvalue weighted by Gasteiger charge is 1.98. The molecule has 18 heavy (non-hydrogen) atoms. The normalized spacial score (nSPS) is 13.3. The Labute approximate surface area is 115 Å². The predicted octanol–water partition coefficient (Wildman–Crippen LogP) is 5.59. The number of nitrogens with two attached hydrogens (primary N) is 1. The summed E-state index contributed by atoms with van der Waals surface area (Å²) >= 11 is 0. The highest BCUT2D eigenvalue weighted by molar-refractivity contribution is 4.76. The Morgan fingerprint density at radius 1 is 0.833 bits per heavy atom. The SMILES string of the molecule is C/C=C/CCCCCCCCCCCC(N)CC. The molecule has 0 aliphatic rings. The lowest BCUT2D eigenvalue weighted by molar-refractivity contribution is 0.516. The van der Waals surface area contributed by atoms with Crippen LogP contribution in [0.5, 0.6) is 0 Å². The first-order valence-electron chi connectivity index (χ1n) is 8.18. The van der Waals surface area contributed by atoms with Crippen molar-refractivity contribution in [3.8, 4) is 0 Å². The molecule has 0 aromatic heterocycles. The van der Waals surface area contributed by atoms with Gasteiger partial charge in [0.2, 0.25) is 0 Å². The molecule has 0 rings (SSSR count). The zero-order chi connectivity index (χ0) is 13.5. The number of hydrogen-bond acceptors (Lipinski definition) is 1. The van der Waals surface area contributed by atoms with E-state index in [2.05, 4.69) is 26.0 Å². The fourth-order valence-electron chi connectivity index (χ4n) is 2.28. The van der Waals surface area contributed by atoms with Crippen molar-refractivity contribution in [1.82, 2.24) is 0 Å². The summed E-state index contributed by atoms with van der Waals surface area (Å²) in [6.07, 6.45) is 20.7. The lowest BCUT2D eigenvalue weighted by Gasteiger charge is -2.07. The Kier molecular flexibility index (Phi) is 14.5. The molecule has 0 amide bonds. The topological polar surface area (TPSA) is 26.0 Å². The van der Waals surface area contributed by atoms with E-state index in [0.717, 1.165) is 6.42 Å². The van der Waals surface area contributed by atoms with Crippen LogP contribution in [0.3, 0.4) is 0 Å². The van der Waals surface area contributed by atoms with Crippen molar-refractivity contribution >= 4 is 0 Å². The summed E-state index contributed by atoms with van der Waals surface area (Å²) in [7, 11) is 0.